The summed E-state index contributed by atoms with van der Waals surface area (Å²) < 4.78 is 10.4. The average Bonchev–Trinajstić information content (AvgIpc) is 2.62. The van der Waals surface area contributed by atoms with Crippen molar-refractivity contribution in [3.05, 3.63) is 40.5 Å². The van der Waals surface area contributed by atoms with Gasteiger partial charge >= 0.3 is 0 Å². The Labute approximate surface area is 161 Å². The van der Waals surface area contributed by atoms with Crippen molar-refractivity contribution in [1.82, 2.24) is 4.98 Å². The summed E-state index contributed by atoms with van der Waals surface area (Å²) >= 11 is 7.47. The monoisotopic (exact) mass is 391 g/mol. The van der Waals surface area contributed by atoms with Crippen LogP contribution in [0.5, 0.6) is 11.5 Å². The molecule has 0 saturated carbocycles. The number of hydrogen-bond acceptors (Lipinski definition) is 6. The Balaban J connectivity index is 1.99. The van der Waals surface area contributed by atoms with Gasteiger partial charge in [0.05, 0.1) is 30.5 Å². The summed E-state index contributed by atoms with van der Waals surface area (Å²) in [6.07, 6.45) is 0.248. The number of halogens is 1. The second-order valence-electron chi connectivity index (χ2n) is 5.25. The fourth-order valence-electron chi connectivity index (χ4n) is 2.14. The molecule has 1 heterocycles. The molecule has 1 aromatic heterocycles. The van der Waals surface area contributed by atoms with Gasteiger partial charge in [-0.2, -0.15) is 5.26 Å². The fourth-order valence-corrected chi connectivity index (χ4v) is 3.34. The molecule has 2 aromatic rings. The molecule has 0 saturated heterocycles. The molecular weight excluding hydrogens is 374 g/mol. The topological polar surface area (TPSA) is 84.2 Å². The van der Waals surface area contributed by atoms with Crippen LogP contribution in [0.1, 0.15) is 17.7 Å². The van der Waals surface area contributed by atoms with Gasteiger partial charge in [0, 0.05) is 23.9 Å². The Morgan fingerprint density at radius 3 is 2.69 bits per heavy atom. The zero-order valence-electron chi connectivity index (χ0n) is 14.6. The number of thioether (sulfide) groups is 1. The Hall–Kier alpha value is -2.43. The number of carbonyl (C=O) groups excluding carboxylic acids is 1. The third-order valence-electron chi connectivity index (χ3n) is 3.44. The number of pyridine rings is 1. The van der Waals surface area contributed by atoms with Crippen molar-refractivity contribution >= 4 is 35.0 Å². The molecule has 0 aliphatic carbocycles. The minimum Gasteiger partial charge on any atom is -0.495 e. The Morgan fingerprint density at radius 1 is 1.31 bits per heavy atom. The third kappa shape index (κ3) is 5.04. The molecule has 1 N–H and O–H groups in total. The molecule has 136 valence electrons. The molecular formula is C18H18ClN3O3S. The molecule has 0 aliphatic heterocycles. The first-order chi connectivity index (χ1) is 12.5. The van der Waals surface area contributed by atoms with E-state index in [0.29, 0.717) is 38.6 Å². The van der Waals surface area contributed by atoms with E-state index < -0.39 is 0 Å². The number of ether oxygens (including phenoxy) is 2. The van der Waals surface area contributed by atoms with Crippen LogP contribution in [0.3, 0.4) is 0 Å². The maximum atomic E-state index is 12.2. The summed E-state index contributed by atoms with van der Waals surface area (Å²) in [6, 6.07) is 8.82. The van der Waals surface area contributed by atoms with Gasteiger partial charge in [-0.25, -0.2) is 4.98 Å². The van der Waals surface area contributed by atoms with E-state index in [9.17, 15) is 4.79 Å². The quantitative estimate of drug-likeness (QED) is 0.716. The fraction of sp³-hybridized carbons (Fsp3) is 0.278. The highest BCUT2D eigenvalue weighted by Crippen LogP contribution is 2.36. The minimum absolute atomic E-state index is 0.191. The van der Waals surface area contributed by atoms with Gasteiger partial charge in [0.15, 0.2) is 0 Å². The summed E-state index contributed by atoms with van der Waals surface area (Å²) in [4.78, 5) is 16.6. The molecule has 26 heavy (non-hydrogen) atoms. The van der Waals surface area contributed by atoms with Crippen LogP contribution in [0.25, 0.3) is 0 Å². The highest BCUT2D eigenvalue weighted by molar-refractivity contribution is 7.99. The second kappa shape index (κ2) is 9.32. The minimum atomic E-state index is -0.191. The molecule has 0 atom stereocenters. The molecule has 2 rings (SSSR count). The van der Waals surface area contributed by atoms with Crippen molar-refractivity contribution in [2.75, 3.05) is 25.3 Å². The van der Waals surface area contributed by atoms with Crippen molar-refractivity contribution in [2.45, 2.75) is 18.4 Å². The SMILES string of the molecule is COc1cc(OC)c(NC(=O)CCSc2nc(C)ccc2C#N)cc1Cl. The Bertz CT molecular complexity index is 852. The van der Waals surface area contributed by atoms with Crippen molar-refractivity contribution in [1.29, 1.82) is 5.26 Å². The lowest BCUT2D eigenvalue weighted by Crippen LogP contribution is -2.13. The first-order valence-electron chi connectivity index (χ1n) is 7.70. The van der Waals surface area contributed by atoms with Crippen molar-refractivity contribution < 1.29 is 14.3 Å². The van der Waals surface area contributed by atoms with E-state index in [1.165, 1.54) is 26.0 Å². The summed E-state index contributed by atoms with van der Waals surface area (Å²) in [7, 11) is 3.01. The lowest BCUT2D eigenvalue weighted by atomic mass is 10.2. The van der Waals surface area contributed by atoms with Gasteiger partial charge in [0.25, 0.3) is 0 Å². The number of aryl methyl sites for hydroxylation is 1. The van der Waals surface area contributed by atoms with Crippen LogP contribution in [0.15, 0.2) is 29.3 Å². The van der Waals surface area contributed by atoms with Gasteiger partial charge in [-0.05, 0) is 25.1 Å². The molecule has 0 fully saturated rings. The smallest absolute Gasteiger partial charge is 0.225 e. The second-order valence-corrected chi connectivity index (χ2v) is 6.74. The number of amides is 1. The van der Waals surface area contributed by atoms with Crippen LogP contribution in [0, 0.1) is 18.3 Å². The number of nitrogens with zero attached hydrogens (tertiary/aromatic N) is 2. The molecule has 0 radical (unpaired) electrons. The predicted molar refractivity (Wildman–Crippen MR) is 102 cm³/mol. The molecule has 6 nitrogen and oxygen atoms in total. The molecule has 0 unspecified atom stereocenters. The van der Waals surface area contributed by atoms with Gasteiger partial charge in [0.1, 0.15) is 22.6 Å². The summed E-state index contributed by atoms with van der Waals surface area (Å²) in [5, 5.41) is 12.9. The third-order valence-corrected chi connectivity index (χ3v) is 4.72. The maximum absolute atomic E-state index is 12.2. The number of carbonyl (C=O) groups is 1. The Morgan fingerprint density at radius 2 is 2.04 bits per heavy atom. The summed E-state index contributed by atoms with van der Waals surface area (Å²) in [6.45, 7) is 1.86. The van der Waals surface area contributed by atoms with E-state index in [2.05, 4.69) is 16.4 Å². The highest BCUT2D eigenvalue weighted by Gasteiger charge is 2.13. The van der Waals surface area contributed by atoms with Gasteiger partial charge in [-0.15, -0.1) is 11.8 Å². The van der Waals surface area contributed by atoms with E-state index >= 15 is 0 Å². The van der Waals surface area contributed by atoms with Gasteiger partial charge in [0.2, 0.25) is 5.91 Å². The lowest BCUT2D eigenvalue weighted by Gasteiger charge is -2.13. The van der Waals surface area contributed by atoms with Gasteiger partial charge < -0.3 is 14.8 Å². The van der Waals surface area contributed by atoms with Crippen LogP contribution in [-0.4, -0.2) is 30.9 Å². The molecule has 0 bridgehead atoms. The number of anilines is 1. The van der Waals surface area contributed by atoms with Gasteiger partial charge in [-0.1, -0.05) is 11.6 Å². The zero-order valence-corrected chi connectivity index (χ0v) is 16.2. The van der Waals surface area contributed by atoms with Crippen molar-refractivity contribution in [3.8, 4) is 17.6 Å². The summed E-state index contributed by atoms with van der Waals surface area (Å²) in [5.41, 5.74) is 1.80. The molecule has 8 heteroatoms. The number of rotatable bonds is 7. The van der Waals surface area contributed by atoms with Crippen LogP contribution in [0.2, 0.25) is 5.02 Å². The number of hydrogen-bond donors (Lipinski definition) is 1. The van der Waals surface area contributed by atoms with Crippen LogP contribution in [0.4, 0.5) is 5.69 Å². The number of nitrogens with one attached hydrogen (secondary N) is 1. The van der Waals surface area contributed by atoms with Crippen molar-refractivity contribution in [2.24, 2.45) is 0 Å². The first kappa shape index (κ1) is 19.9. The average molecular weight is 392 g/mol. The van der Waals surface area contributed by atoms with Crippen LogP contribution in [-0.2, 0) is 4.79 Å². The van der Waals surface area contributed by atoms with E-state index in [1.54, 1.807) is 24.3 Å². The van der Waals surface area contributed by atoms with E-state index in [4.69, 9.17) is 26.3 Å². The standard InChI is InChI=1S/C18H18ClN3O3S/c1-11-4-5-12(10-20)18(21-11)26-7-6-17(23)22-14-8-13(19)15(24-2)9-16(14)25-3/h4-5,8-9H,6-7H2,1-3H3,(H,22,23). The molecule has 0 aliphatic rings. The lowest BCUT2D eigenvalue weighted by molar-refractivity contribution is -0.115. The zero-order chi connectivity index (χ0) is 19.1. The van der Waals surface area contributed by atoms with E-state index in [-0.39, 0.29) is 12.3 Å². The number of benzene rings is 1. The van der Waals surface area contributed by atoms with Crippen LogP contribution < -0.4 is 14.8 Å². The largest absolute Gasteiger partial charge is 0.495 e. The first-order valence-corrected chi connectivity index (χ1v) is 9.06. The number of aromatic nitrogens is 1. The number of methoxy groups -OCH3 is 2. The van der Waals surface area contributed by atoms with E-state index in [1.807, 2.05) is 6.92 Å². The highest BCUT2D eigenvalue weighted by atomic mass is 35.5. The van der Waals surface area contributed by atoms with Gasteiger partial charge in [-0.3, -0.25) is 4.79 Å². The molecule has 1 amide bonds. The van der Waals surface area contributed by atoms with E-state index in [0.717, 1.165) is 5.69 Å². The van der Waals surface area contributed by atoms with Crippen LogP contribution >= 0.6 is 23.4 Å². The molecule has 0 spiro atoms. The maximum Gasteiger partial charge on any atom is 0.225 e. The molecule has 1 aromatic carbocycles. The summed E-state index contributed by atoms with van der Waals surface area (Å²) in [5.74, 6) is 1.22. The van der Waals surface area contributed by atoms with Crippen molar-refractivity contribution in [3.63, 3.8) is 0 Å². The predicted octanol–water partition coefficient (Wildman–Crippen LogP) is 4.05. The number of nitriles is 1. The Kier molecular flexibility index (Phi) is 7.13. The normalized spacial score (nSPS) is 10.1.